The normalized spacial score (nSPS) is 14.3. The Balaban J connectivity index is 1.93. The van der Waals surface area contributed by atoms with Crippen LogP contribution in [-0.2, 0) is 4.74 Å². The largest absolute Gasteiger partial charge is 0.462 e. The maximum absolute atomic E-state index is 11.6. The SMILES string of the molecule is CCOC(=O)c1cnc2cc(N3CCC3)ncc2c1. The van der Waals surface area contributed by atoms with Crippen molar-refractivity contribution in [2.24, 2.45) is 0 Å². The zero-order valence-electron chi connectivity index (χ0n) is 10.8. The third-order valence-corrected chi connectivity index (χ3v) is 3.24. The number of fused-ring (bicyclic) bond motifs is 1. The Morgan fingerprint density at radius 2 is 2.16 bits per heavy atom. The third kappa shape index (κ3) is 2.23. The first-order valence-electron chi connectivity index (χ1n) is 6.46. The van der Waals surface area contributed by atoms with Gasteiger partial charge in [0.1, 0.15) is 5.82 Å². The summed E-state index contributed by atoms with van der Waals surface area (Å²) in [6, 6.07) is 3.73. The molecule has 0 radical (unpaired) electrons. The molecule has 0 saturated carbocycles. The summed E-state index contributed by atoms with van der Waals surface area (Å²) in [5.74, 6) is 0.610. The molecule has 0 bridgehead atoms. The average molecular weight is 257 g/mol. The summed E-state index contributed by atoms with van der Waals surface area (Å²) in [6.45, 7) is 4.26. The lowest BCUT2D eigenvalue weighted by Crippen LogP contribution is -2.37. The molecule has 0 N–H and O–H groups in total. The minimum atomic E-state index is -0.344. The van der Waals surface area contributed by atoms with E-state index in [2.05, 4.69) is 14.9 Å². The molecule has 0 unspecified atom stereocenters. The van der Waals surface area contributed by atoms with Crippen LogP contribution in [-0.4, -0.2) is 35.6 Å². The van der Waals surface area contributed by atoms with Crippen molar-refractivity contribution in [3.63, 3.8) is 0 Å². The van der Waals surface area contributed by atoms with Gasteiger partial charge in [-0.25, -0.2) is 9.78 Å². The monoisotopic (exact) mass is 257 g/mol. The van der Waals surface area contributed by atoms with Gasteiger partial charge in [0.2, 0.25) is 0 Å². The first-order chi connectivity index (χ1) is 9.28. The van der Waals surface area contributed by atoms with Crippen LogP contribution in [0.4, 0.5) is 5.82 Å². The average Bonchev–Trinajstić information content (AvgIpc) is 2.36. The maximum Gasteiger partial charge on any atom is 0.339 e. The van der Waals surface area contributed by atoms with E-state index in [1.165, 1.54) is 6.42 Å². The molecule has 2 aromatic heterocycles. The molecule has 1 aliphatic heterocycles. The number of aromatic nitrogens is 2. The lowest BCUT2D eigenvalue weighted by Gasteiger charge is -2.31. The van der Waals surface area contributed by atoms with Crippen molar-refractivity contribution in [2.45, 2.75) is 13.3 Å². The molecule has 5 heteroatoms. The highest BCUT2D eigenvalue weighted by Crippen LogP contribution is 2.22. The minimum absolute atomic E-state index is 0.344. The maximum atomic E-state index is 11.6. The molecular weight excluding hydrogens is 242 g/mol. The van der Waals surface area contributed by atoms with Crippen molar-refractivity contribution in [3.05, 3.63) is 30.1 Å². The third-order valence-electron chi connectivity index (χ3n) is 3.24. The van der Waals surface area contributed by atoms with Crippen LogP contribution >= 0.6 is 0 Å². The van der Waals surface area contributed by atoms with Crippen LogP contribution in [0.3, 0.4) is 0 Å². The Labute approximate surface area is 111 Å². The van der Waals surface area contributed by atoms with E-state index in [1.54, 1.807) is 25.4 Å². The molecule has 98 valence electrons. The van der Waals surface area contributed by atoms with Gasteiger partial charge >= 0.3 is 5.97 Å². The second-order valence-corrected chi connectivity index (χ2v) is 4.52. The number of pyridine rings is 2. The lowest BCUT2D eigenvalue weighted by atomic mass is 10.2. The molecule has 0 amide bonds. The van der Waals surface area contributed by atoms with Crippen molar-refractivity contribution < 1.29 is 9.53 Å². The van der Waals surface area contributed by atoms with E-state index >= 15 is 0 Å². The second-order valence-electron chi connectivity index (χ2n) is 4.52. The van der Waals surface area contributed by atoms with Crippen molar-refractivity contribution in [1.82, 2.24) is 9.97 Å². The van der Waals surface area contributed by atoms with Crippen molar-refractivity contribution in [3.8, 4) is 0 Å². The quantitative estimate of drug-likeness (QED) is 0.787. The summed E-state index contributed by atoms with van der Waals surface area (Å²) in [6.07, 6.45) is 4.54. The fourth-order valence-electron chi connectivity index (χ4n) is 2.06. The molecule has 5 nitrogen and oxygen atoms in total. The highest BCUT2D eigenvalue weighted by atomic mass is 16.5. The summed E-state index contributed by atoms with van der Waals surface area (Å²) >= 11 is 0. The standard InChI is InChI=1S/C14H15N3O2/c1-2-19-14(18)11-6-10-8-16-13(17-4-3-5-17)7-12(10)15-9-11/h6-9H,2-5H2,1H3. The smallest absolute Gasteiger partial charge is 0.339 e. The number of anilines is 1. The number of ether oxygens (including phenoxy) is 1. The first kappa shape index (κ1) is 11.9. The second kappa shape index (κ2) is 4.84. The molecule has 1 fully saturated rings. The predicted octanol–water partition coefficient (Wildman–Crippen LogP) is 2.02. The van der Waals surface area contributed by atoms with Crippen LogP contribution in [0, 0.1) is 0 Å². The van der Waals surface area contributed by atoms with E-state index in [1.807, 2.05) is 6.07 Å². The van der Waals surface area contributed by atoms with Gasteiger partial charge in [-0.3, -0.25) is 4.98 Å². The van der Waals surface area contributed by atoms with E-state index < -0.39 is 0 Å². The van der Waals surface area contributed by atoms with Crippen LogP contribution in [0.5, 0.6) is 0 Å². The molecule has 3 rings (SSSR count). The summed E-state index contributed by atoms with van der Waals surface area (Å²) in [7, 11) is 0. The van der Waals surface area contributed by atoms with Gasteiger partial charge in [-0.2, -0.15) is 0 Å². The Kier molecular flexibility index (Phi) is 3.03. The molecule has 0 aliphatic carbocycles. The number of rotatable bonds is 3. The topological polar surface area (TPSA) is 55.3 Å². The van der Waals surface area contributed by atoms with Gasteiger partial charge in [-0.15, -0.1) is 0 Å². The van der Waals surface area contributed by atoms with Gasteiger partial charge in [0.15, 0.2) is 0 Å². The zero-order chi connectivity index (χ0) is 13.2. The Morgan fingerprint density at radius 1 is 1.32 bits per heavy atom. The highest BCUT2D eigenvalue weighted by Gasteiger charge is 2.16. The van der Waals surface area contributed by atoms with Crippen molar-refractivity contribution in [2.75, 3.05) is 24.6 Å². The van der Waals surface area contributed by atoms with Gasteiger partial charge < -0.3 is 9.64 Å². The van der Waals surface area contributed by atoms with Crippen molar-refractivity contribution >= 4 is 22.7 Å². The van der Waals surface area contributed by atoms with E-state index in [9.17, 15) is 4.79 Å². The Bertz CT molecular complexity index is 623. The molecule has 19 heavy (non-hydrogen) atoms. The van der Waals surface area contributed by atoms with Gasteiger partial charge in [-0.05, 0) is 19.4 Å². The highest BCUT2D eigenvalue weighted by molar-refractivity contribution is 5.93. The number of nitrogens with zero attached hydrogens (tertiary/aromatic N) is 3. The molecule has 3 heterocycles. The number of hydrogen-bond donors (Lipinski definition) is 0. The van der Waals surface area contributed by atoms with Crippen LogP contribution in [0.15, 0.2) is 24.5 Å². The van der Waals surface area contributed by atoms with Crippen LogP contribution in [0.25, 0.3) is 10.9 Å². The Hall–Kier alpha value is -2.17. The van der Waals surface area contributed by atoms with E-state index in [4.69, 9.17) is 4.74 Å². The number of esters is 1. The van der Waals surface area contributed by atoms with Crippen LogP contribution < -0.4 is 4.90 Å². The van der Waals surface area contributed by atoms with E-state index in [0.717, 1.165) is 29.8 Å². The summed E-state index contributed by atoms with van der Waals surface area (Å²) in [5, 5.41) is 0.856. The van der Waals surface area contributed by atoms with Gasteiger partial charge in [0.05, 0.1) is 17.7 Å². The first-order valence-corrected chi connectivity index (χ1v) is 6.46. The van der Waals surface area contributed by atoms with Crippen LogP contribution in [0.2, 0.25) is 0 Å². The predicted molar refractivity (Wildman–Crippen MR) is 72.3 cm³/mol. The van der Waals surface area contributed by atoms with Crippen molar-refractivity contribution in [1.29, 1.82) is 0 Å². The molecule has 1 saturated heterocycles. The number of hydrogen-bond acceptors (Lipinski definition) is 5. The summed E-state index contributed by atoms with van der Waals surface area (Å²) in [5.41, 5.74) is 1.32. The van der Waals surface area contributed by atoms with E-state index in [0.29, 0.717) is 12.2 Å². The van der Waals surface area contributed by atoms with E-state index in [-0.39, 0.29) is 5.97 Å². The molecule has 0 spiro atoms. The fraction of sp³-hybridized carbons (Fsp3) is 0.357. The minimum Gasteiger partial charge on any atom is -0.462 e. The molecule has 0 aromatic carbocycles. The number of carbonyl (C=O) groups is 1. The van der Waals surface area contributed by atoms with Crippen LogP contribution in [0.1, 0.15) is 23.7 Å². The molecule has 2 aromatic rings. The summed E-state index contributed by atoms with van der Waals surface area (Å²) < 4.78 is 4.96. The lowest BCUT2D eigenvalue weighted by molar-refractivity contribution is 0.0526. The number of carbonyl (C=O) groups excluding carboxylic acids is 1. The Morgan fingerprint density at radius 3 is 2.84 bits per heavy atom. The molecular formula is C14H15N3O2. The van der Waals surface area contributed by atoms with Gasteiger partial charge in [0.25, 0.3) is 0 Å². The van der Waals surface area contributed by atoms with Gasteiger partial charge in [-0.1, -0.05) is 0 Å². The summed E-state index contributed by atoms with van der Waals surface area (Å²) in [4.78, 5) is 22.6. The fourth-order valence-corrected chi connectivity index (χ4v) is 2.06. The molecule has 0 atom stereocenters. The van der Waals surface area contributed by atoms with Gasteiger partial charge in [0, 0.05) is 36.9 Å². The molecule has 1 aliphatic rings. The zero-order valence-corrected chi connectivity index (χ0v) is 10.8.